The fraction of sp³-hybridized carbons (Fsp3) is 0.222. The maximum atomic E-state index is 5.75. The van der Waals surface area contributed by atoms with E-state index in [9.17, 15) is 0 Å². The van der Waals surface area contributed by atoms with E-state index >= 15 is 0 Å². The molecule has 1 heterocycles. The summed E-state index contributed by atoms with van der Waals surface area (Å²) in [4.78, 5) is 0. The molecule has 1 aromatic heterocycles. The Morgan fingerprint density at radius 3 is 2.45 bits per heavy atom. The highest BCUT2D eigenvalue weighted by Crippen LogP contribution is 2.21. The van der Waals surface area contributed by atoms with Crippen LogP contribution in [0.1, 0.15) is 22.3 Å². The molecule has 0 atom stereocenters. The predicted molar refractivity (Wildman–Crippen MR) is 84.8 cm³/mol. The number of hydrogen-bond donors (Lipinski definition) is 1. The Labute approximate surface area is 119 Å². The molecule has 20 heavy (non-hydrogen) atoms. The average molecular weight is 264 g/mol. The highest BCUT2D eigenvalue weighted by molar-refractivity contribution is 5.81. The van der Waals surface area contributed by atoms with Crippen LogP contribution in [-0.2, 0) is 13.1 Å². The molecular weight excluding hydrogens is 244 g/mol. The average Bonchev–Trinajstić information content (AvgIpc) is 2.85. The molecule has 102 valence electrons. The molecular formula is C18H20N2. The van der Waals surface area contributed by atoms with Crippen molar-refractivity contribution in [3.63, 3.8) is 0 Å². The minimum absolute atomic E-state index is 0.588. The van der Waals surface area contributed by atoms with Gasteiger partial charge < -0.3 is 10.3 Å². The summed E-state index contributed by atoms with van der Waals surface area (Å²) in [6.07, 6.45) is 2.16. The van der Waals surface area contributed by atoms with Gasteiger partial charge in [0.25, 0.3) is 0 Å². The summed E-state index contributed by atoms with van der Waals surface area (Å²) >= 11 is 0. The van der Waals surface area contributed by atoms with E-state index in [1.54, 1.807) is 0 Å². The van der Waals surface area contributed by atoms with Gasteiger partial charge in [0.1, 0.15) is 0 Å². The van der Waals surface area contributed by atoms with Gasteiger partial charge in [0.15, 0.2) is 0 Å². The lowest BCUT2D eigenvalue weighted by Gasteiger charge is -2.12. The summed E-state index contributed by atoms with van der Waals surface area (Å²) in [6.45, 7) is 5.86. The van der Waals surface area contributed by atoms with E-state index in [2.05, 4.69) is 67.1 Å². The molecule has 2 heteroatoms. The van der Waals surface area contributed by atoms with Gasteiger partial charge in [-0.05, 0) is 53.6 Å². The predicted octanol–water partition coefficient (Wildman–Crippen LogP) is 3.77. The van der Waals surface area contributed by atoms with Gasteiger partial charge in [0.05, 0.1) is 0 Å². The van der Waals surface area contributed by atoms with Crippen molar-refractivity contribution in [3.05, 3.63) is 70.9 Å². The molecule has 3 rings (SSSR count). The zero-order valence-corrected chi connectivity index (χ0v) is 12.1. The maximum Gasteiger partial charge on any atom is 0.0486 e. The van der Waals surface area contributed by atoms with Crippen molar-refractivity contribution in [2.75, 3.05) is 0 Å². The molecule has 0 aliphatic rings. The first-order valence-corrected chi connectivity index (χ1v) is 7.02. The SMILES string of the molecule is Cc1cccc(C)c1Cn1ccc2ccc(CN)cc21. The van der Waals surface area contributed by atoms with E-state index in [1.807, 2.05) is 0 Å². The molecule has 0 aliphatic carbocycles. The molecule has 0 amide bonds. The van der Waals surface area contributed by atoms with Crippen LogP contribution in [0.25, 0.3) is 10.9 Å². The van der Waals surface area contributed by atoms with Crippen molar-refractivity contribution in [2.24, 2.45) is 5.73 Å². The Balaban J connectivity index is 2.06. The molecule has 0 saturated heterocycles. The van der Waals surface area contributed by atoms with Crippen molar-refractivity contribution >= 4 is 10.9 Å². The van der Waals surface area contributed by atoms with Gasteiger partial charge in [-0.1, -0.05) is 30.3 Å². The van der Waals surface area contributed by atoms with Gasteiger partial charge in [0, 0.05) is 24.8 Å². The number of benzene rings is 2. The lowest BCUT2D eigenvalue weighted by Crippen LogP contribution is -2.03. The minimum Gasteiger partial charge on any atom is -0.343 e. The fourth-order valence-corrected chi connectivity index (χ4v) is 2.76. The highest BCUT2D eigenvalue weighted by atomic mass is 14.9. The van der Waals surface area contributed by atoms with Gasteiger partial charge in [-0.25, -0.2) is 0 Å². The molecule has 0 fully saturated rings. The smallest absolute Gasteiger partial charge is 0.0486 e. The van der Waals surface area contributed by atoms with Gasteiger partial charge in [-0.2, -0.15) is 0 Å². The maximum absolute atomic E-state index is 5.75. The molecule has 0 spiro atoms. The fourth-order valence-electron chi connectivity index (χ4n) is 2.76. The molecule has 0 unspecified atom stereocenters. The third kappa shape index (κ3) is 2.23. The van der Waals surface area contributed by atoms with Gasteiger partial charge in [0.2, 0.25) is 0 Å². The van der Waals surface area contributed by atoms with Crippen molar-refractivity contribution < 1.29 is 0 Å². The first-order chi connectivity index (χ1) is 9.69. The molecule has 2 N–H and O–H groups in total. The Hall–Kier alpha value is -2.06. The third-order valence-electron chi connectivity index (χ3n) is 4.05. The Morgan fingerprint density at radius 1 is 1.00 bits per heavy atom. The molecule has 2 nitrogen and oxygen atoms in total. The zero-order valence-electron chi connectivity index (χ0n) is 12.1. The van der Waals surface area contributed by atoms with Crippen LogP contribution in [0.5, 0.6) is 0 Å². The van der Waals surface area contributed by atoms with Crippen LogP contribution in [-0.4, -0.2) is 4.57 Å². The van der Waals surface area contributed by atoms with Gasteiger partial charge in [-0.3, -0.25) is 0 Å². The third-order valence-corrected chi connectivity index (χ3v) is 4.05. The number of rotatable bonds is 3. The van der Waals surface area contributed by atoms with Crippen LogP contribution in [0.4, 0.5) is 0 Å². The molecule has 0 radical (unpaired) electrons. The van der Waals surface area contributed by atoms with Crippen LogP contribution in [0.15, 0.2) is 48.7 Å². The lowest BCUT2D eigenvalue weighted by atomic mass is 10.0. The molecule has 3 aromatic rings. The first kappa shape index (κ1) is 12.9. The first-order valence-electron chi connectivity index (χ1n) is 7.02. The summed E-state index contributed by atoms with van der Waals surface area (Å²) in [5, 5.41) is 1.27. The number of nitrogens with zero attached hydrogens (tertiary/aromatic N) is 1. The number of hydrogen-bond acceptors (Lipinski definition) is 1. The van der Waals surface area contributed by atoms with Crippen LogP contribution in [0, 0.1) is 13.8 Å². The number of aromatic nitrogens is 1. The Bertz CT molecular complexity index is 733. The number of nitrogens with two attached hydrogens (primary N) is 1. The summed E-state index contributed by atoms with van der Waals surface area (Å²) in [5.41, 5.74) is 12.3. The quantitative estimate of drug-likeness (QED) is 0.767. The second kappa shape index (κ2) is 5.14. The van der Waals surface area contributed by atoms with Crippen LogP contribution in [0.2, 0.25) is 0 Å². The normalized spacial score (nSPS) is 11.2. The standard InChI is InChI=1S/C18H20N2/c1-13-4-3-5-14(2)17(13)12-20-9-8-16-7-6-15(11-19)10-18(16)20/h3-10H,11-12,19H2,1-2H3. The molecule has 0 saturated carbocycles. The van der Waals surface area contributed by atoms with Gasteiger partial charge in [-0.15, -0.1) is 0 Å². The van der Waals surface area contributed by atoms with Crippen LogP contribution in [0.3, 0.4) is 0 Å². The van der Waals surface area contributed by atoms with Gasteiger partial charge >= 0.3 is 0 Å². The van der Waals surface area contributed by atoms with E-state index in [0.717, 1.165) is 6.54 Å². The Morgan fingerprint density at radius 2 is 1.75 bits per heavy atom. The highest BCUT2D eigenvalue weighted by Gasteiger charge is 2.06. The summed E-state index contributed by atoms with van der Waals surface area (Å²) < 4.78 is 2.31. The van der Waals surface area contributed by atoms with E-state index in [1.165, 1.54) is 33.2 Å². The second-order valence-electron chi connectivity index (χ2n) is 5.41. The van der Waals surface area contributed by atoms with Crippen molar-refractivity contribution in [2.45, 2.75) is 26.9 Å². The topological polar surface area (TPSA) is 30.9 Å². The van der Waals surface area contributed by atoms with Crippen LogP contribution >= 0.6 is 0 Å². The minimum atomic E-state index is 0.588. The van der Waals surface area contributed by atoms with E-state index in [4.69, 9.17) is 5.73 Å². The zero-order chi connectivity index (χ0) is 14.1. The van der Waals surface area contributed by atoms with E-state index in [-0.39, 0.29) is 0 Å². The Kier molecular flexibility index (Phi) is 3.33. The summed E-state index contributed by atoms with van der Waals surface area (Å²) in [5.74, 6) is 0. The largest absolute Gasteiger partial charge is 0.343 e. The van der Waals surface area contributed by atoms with Crippen molar-refractivity contribution in [3.8, 4) is 0 Å². The second-order valence-corrected chi connectivity index (χ2v) is 5.41. The van der Waals surface area contributed by atoms with E-state index < -0.39 is 0 Å². The molecule has 0 bridgehead atoms. The summed E-state index contributed by atoms with van der Waals surface area (Å²) in [7, 11) is 0. The van der Waals surface area contributed by atoms with Crippen molar-refractivity contribution in [1.29, 1.82) is 0 Å². The van der Waals surface area contributed by atoms with E-state index in [0.29, 0.717) is 6.54 Å². The van der Waals surface area contributed by atoms with Crippen LogP contribution < -0.4 is 5.73 Å². The van der Waals surface area contributed by atoms with Crippen molar-refractivity contribution in [1.82, 2.24) is 4.57 Å². The molecule has 0 aliphatic heterocycles. The number of fused-ring (bicyclic) bond motifs is 1. The number of aryl methyl sites for hydroxylation is 2. The summed E-state index contributed by atoms with van der Waals surface area (Å²) in [6, 6.07) is 15.1. The lowest BCUT2D eigenvalue weighted by molar-refractivity contribution is 0.823. The molecule has 2 aromatic carbocycles. The monoisotopic (exact) mass is 264 g/mol.